The highest BCUT2D eigenvalue weighted by molar-refractivity contribution is 5.92. The Hall–Kier alpha value is -2.56. The Kier molecular flexibility index (Phi) is 3.43. The molecule has 0 aliphatic carbocycles. The topological polar surface area (TPSA) is 82.5 Å². The summed E-state index contributed by atoms with van der Waals surface area (Å²) in [6.07, 6.45) is 1.63. The van der Waals surface area contributed by atoms with Crippen LogP contribution in [0.15, 0.2) is 42.6 Å². The molecule has 0 saturated carbocycles. The van der Waals surface area contributed by atoms with Gasteiger partial charge in [-0.15, -0.1) is 0 Å². The van der Waals surface area contributed by atoms with Crippen LogP contribution in [-0.2, 0) is 11.2 Å². The van der Waals surface area contributed by atoms with E-state index in [9.17, 15) is 9.90 Å². The molecule has 0 unspecified atom stereocenters. The van der Waals surface area contributed by atoms with Crippen LogP contribution in [0.3, 0.4) is 0 Å². The number of nitrogens with zero attached hydrogens (tertiary/aromatic N) is 1. The van der Waals surface area contributed by atoms with Gasteiger partial charge in [-0.2, -0.15) is 0 Å². The monoisotopic (exact) mass is 244 g/mol. The molecule has 92 valence electrons. The van der Waals surface area contributed by atoms with Crippen molar-refractivity contribution in [3.05, 3.63) is 48.2 Å². The van der Waals surface area contributed by atoms with Gasteiger partial charge in [0, 0.05) is 6.20 Å². The molecule has 3 N–H and O–H groups in total. The van der Waals surface area contributed by atoms with Gasteiger partial charge >= 0.3 is 0 Å². The SMILES string of the molecule is O=C(Cc1ccc(O)cc1)Nc1ncccc1O. The van der Waals surface area contributed by atoms with Crippen LogP contribution in [0.4, 0.5) is 5.82 Å². The van der Waals surface area contributed by atoms with E-state index in [1.165, 1.54) is 24.4 Å². The number of hydrogen-bond acceptors (Lipinski definition) is 4. The quantitative estimate of drug-likeness (QED) is 0.767. The lowest BCUT2D eigenvalue weighted by Gasteiger charge is -2.05. The molecule has 0 atom stereocenters. The van der Waals surface area contributed by atoms with E-state index >= 15 is 0 Å². The second kappa shape index (κ2) is 5.18. The van der Waals surface area contributed by atoms with E-state index in [1.54, 1.807) is 18.2 Å². The maximum Gasteiger partial charge on any atom is 0.230 e. The number of carbonyl (C=O) groups is 1. The number of aromatic nitrogens is 1. The molecule has 5 heteroatoms. The predicted molar refractivity (Wildman–Crippen MR) is 66.3 cm³/mol. The first-order chi connectivity index (χ1) is 8.65. The first-order valence-electron chi connectivity index (χ1n) is 5.37. The Morgan fingerprint density at radius 2 is 1.89 bits per heavy atom. The summed E-state index contributed by atoms with van der Waals surface area (Å²) in [5.74, 6) is -0.0611. The van der Waals surface area contributed by atoms with Crippen molar-refractivity contribution in [1.82, 2.24) is 4.98 Å². The molecule has 0 fully saturated rings. The van der Waals surface area contributed by atoms with E-state index in [1.807, 2.05) is 0 Å². The highest BCUT2D eigenvalue weighted by Crippen LogP contribution is 2.18. The van der Waals surface area contributed by atoms with Crippen LogP contribution in [0.5, 0.6) is 11.5 Å². The molecule has 2 aromatic rings. The van der Waals surface area contributed by atoms with Gasteiger partial charge < -0.3 is 15.5 Å². The number of amides is 1. The standard InChI is InChI=1S/C13H12N2O3/c16-10-5-3-9(4-6-10)8-12(18)15-13-11(17)2-1-7-14-13/h1-7,16-17H,8H2,(H,14,15,18). The Morgan fingerprint density at radius 3 is 2.56 bits per heavy atom. The van der Waals surface area contributed by atoms with E-state index in [0.29, 0.717) is 0 Å². The summed E-state index contributed by atoms with van der Waals surface area (Å²) in [5.41, 5.74) is 0.765. The van der Waals surface area contributed by atoms with Crippen LogP contribution in [-0.4, -0.2) is 21.1 Å². The van der Waals surface area contributed by atoms with Gasteiger partial charge in [-0.1, -0.05) is 12.1 Å². The van der Waals surface area contributed by atoms with Crippen molar-refractivity contribution in [2.45, 2.75) is 6.42 Å². The predicted octanol–water partition coefficient (Wildman–Crippen LogP) is 1.67. The third kappa shape index (κ3) is 2.98. The van der Waals surface area contributed by atoms with Crippen LogP contribution in [0.25, 0.3) is 0 Å². The number of phenols is 1. The summed E-state index contributed by atoms with van der Waals surface area (Å²) in [7, 11) is 0. The van der Waals surface area contributed by atoms with Crippen molar-refractivity contribution >= 4 is 11.7 Å². The van der Waals surface area contributed by atoms with E-state index in [2.05, 4.69) is 10.3 Å². The highest BCUT2D eigenvalue weighted by atomic mass is 16.3. The zero-order valence-corrected chi connectivity index (χ0v) is 9.50. The summed E-state index contributed by atoms with van der Waals surface area (Å²) in [4.78, 5) is 15.5. The molecule has 18 heavy (non-hydrogen) atoms. The molecular formula is C13H12N2O3. The molecule has 0 saturated heterocycles. The fourth-order valence-corrected chi connectivity index (χ4v) is 1.47. The normalized spacial score (nSPS) is 10.0. The molecule has 1 aromatic heterocycles. The van der Waals surface area contributed by atoms with E-state index in [4.69, 9.17) is 5.11 Å². The molecule has 0 spiro atoms. The first-order valence-corrected chi connectivity index (χ1v) is 5.37. The number of nitrogens with one attached hydrogen (secondary N) is 1. The van der Waals surface area contributed by atoms with Crippen molar-refractivity contribution in [3.63, 3.8) is 0 Å². The number of rotatable bonds is 3. The van der Waals surface area contributed by atoms with Crippen LogP contribution in [0, 0.1) is 0 Å². The Balaban J connectivity index is 2.01. The lowest BCUT2D eigenvalue weighted by molar-refractivity contribution is -0.115. The summed E-state index contributed by atoms with van der Waals surface area (Å²) in [6.45, 7) is 0. The highest BCUT2D eigenvalue weighted by Gasteiger charge is 2.07. The zero-order chi connectivity index (χ0) is 13.0. The van der Waals surface area contributed by atoms with Crippen molar-refractivity contribution in [1.29, 1.82) is 0 Å². The van der Waals surface area contributed by atoms with Gasteiger partial charge in [-0.25, -0.2) is 4.98 Å². The van der Waals surface area contributed by atoms with E-state index in [-0.39, 0.29) is 29.6 Å². The molecule has 0 bridgehead atoms. The second-order valence-electron chi connectivity index (χ2n) is 3.76. The number of aromatic hydroxyl groups is 2. The van der Waals surface area contributed by atoms with Crippen molar-refractivity contribution in [2.24, 2.45) is 0 Å². The fraction of sp³-hybridized carbons (Fsp3) is 0.0769. The number of anilines is 1. The minimum Gasteiger partial charge on any atom is -0.508 e. The first kappa shape index (κ1) is 11.9. The third-order valence-corrected chi connectivity index (χ3v) is 2.35. The van der Waals surface area contributed by atoms with Gasteiger partial charge in [0.2, 0.25) is 5.91 Å². The number of phenolic OH excluding ortho intramolecular Hbond substituents is 1. The molecule has 0 radical (unpaired) electrons. The molecular weight excluding hydrogens is 232 g/mol. The van der Waals surface area contributed by atoms with Gasteiger partial charge in [-0.05, 0) is 29.8 Å². The van der Waals surface area contributed by atoms with Crippen LogP contribution in [0.2, 0.25) is 0 Å². The summed E-state index contributed by atoms with van der Waals surface area (Å²) >= 11 is 0. The van der Waals surface area contributed by atoms with Gasteiger partial charge in [0.1, 0.15) is 5.75 Å². The maximum atomic E-state index is 11.7. The minimum atomic E-state index is -0.283. The molecule has 1 heterocycles. The van der Waals surface area contributed by atoms with Crippen LogP contribution in [0.1, 0.15) is 5.56 Å². The molecule has 0 aliphatic heterocycles. The van der Waals surface area contributed by atoms with Gasteiger partial charge in [0.15, 0.2) is 11.6 Å². The molecule has 1 aromatic carbocycles. The second-order valence-corrected chi connectivity index (χ2v) is 3.76. The number of pyridine rings is 1. The van der Waals surface area contributed by atoms with Crippen LogP contribution >= 0.6 is 0 Å². The summed E-state index contributed by atoms with van der Waals surface area (Å²) in [6, 6.07) is 9.37. The zero-order valence-electron chi connectivity index (χ0n) is 9.50. The number of carbonyl (C=O) groups excluding carboxylic acids is 1. The lowest BCUT2D eigenvalue weighted by atomic mass is 10.1. The molecule has 2 rings (SSSR count). The van der Waals surface area contributed by atoms with Crippen LogP contribution < -0.4 is 5.32 Å². The number of benzene rings is 1. The Morgan fingerprint density at radius 1 is 1.17 bits per heavy atom. The summed E-state index contributed by atoms with van der Waals surface area (Å²) in [5, 5.41) is 21.1. The summed E-state index contributed by atoms with van der Waals surface area (Å²) < 4.78 is 0. The van der Waals surface area contributed by atoms with Crippen molar-refractivity contribution < 1.29 is 15.0 Å². The Labute approximate surface area is 104 Å². The van der Waals surface area contributed by atoms with Gasteiger partial charge in [0.05, 0.1) is 6.42 Å². The maximum absolute atomic E-state index is 11.7. The van der Waals surface area contributed by atoms with E-state index < -0.39 is 0 Å². The molecule has 1 amide bonds. The fourth-order valence-electron chi connectivity index (χ4n) is 1.47. The van der Waals surface area contributed by atoms with Gasteiger partial charge in [-0.3, -0.25) is 4.79 Å². The molecule has 5 nitrogen and oxygen atoms in total. The van der Waals surface area contributed by atoms with Gasteiger partial charge in [0.25, 0.3) is 0 Å². The minimum absolute atomic E-state index is 0.0726. The lowest BCUT2D eigenvalue weighted by Crippen LogP contribution is -2.15. The van der Waals surface area contributed by atoms with E-state index in [0.717, 1.165) is 5.56 Å². The van der Waals surface area contributed by atoms with Crippen molar-refractivity contribution in [3.8, 4) is 11.5 Å². The smallest absolute Gasteiger partial charge is 0.230 e. The molecule has 0 aliphatic rings. The van der Waals surface area contributed by atoms with Crippen molar-refractivity contribution in [2.75, 3.05) is 5.32 Å². The third-order valence-electron chi connectivity index (χ3n) is 2.35. The average Bonchev–Trinajstić information content (AvgIpc) is 2.35. The Bertz CT molecular complexity index is 552. The largest absolute Gasteiger partial charge is 0.508 e. The average molecular weight is 244 g/mol. The number of hydrogen-bond donors (Lipinski definition) is 3.